The first-order valence-corrected chi connectivity index (χ1v) is 7.86. The van der Waals surface area contributed by atoms with E-state index in [1.807, 2.05) is 12.1 Å². The van der Waals surface area contributed by atoms with Crippen molar-refractivity contribution < 1.29 is 10.1 Å². The van der Waals surface area contributed by atoms with Crippen LogP contribution in [0, 0.1) is 5.92 Å². The van der Waals surface area contributed by atoms with Gasteiger partial charge in [0.15, 0.2) is 0 Å². The Hall–Kier alpha value is -2.13. The van der Waals surface area contributed by atoms with Crippen molar-refractivity contribution in [2.75, 3.05) is 7.05 Å². The Bertz CT molecular complexity index is 639. The highest BCUT2D eigenvalue weighted by molar-refractivity contribution is 5.87. The largest absolute Gasteiger partial charge is 0.411 e. The van der Waals surface area contributed by atoms with Gasteiger partial charge in [-0.2, -0.15) is 0 Å². The summed E-state index contributed by atoms with van der Waals surface area (Å²) in [6, 6.07) is 21.7. The van der Waals surface area contributed by atoms with Crippen LogP contribution < -0.4 is 4.90 Å². The predicted molar refractivity (Wildman–Crippen MR) is 88.3 cm³/mol. The van der Waals surface area contributed by atoms with Crippen LogP contribution in [0.3, 0.4) is 0 Å². The van der Waals surface area contributed by atoms with E-state index < -0.39 is 0 Å². The van der Waals surface area contributed by atoms with E-state index in [0.717, 1.165) is 12.1 Å². The van der Waals surface area contributed by atoms with Crippen LogP contribution in [0.25, 0.3) is 0 Å². The molecule has 1 unspecified atom stereocenters. The lowest BCUT2D eigenvalue weighted by Gasteiger charge is -2.41. The number of likely N-dealkylation sites (tertiary alicyclic amines) is 1. The van der Waals surface area contributed by atoms with Gasteiger partial charge in [0.2, 0.25) is 0 Å². The molecule has 0 saturated carbocycles. The van der Waals surface area contributed by atoms with E-state index in [0.29, 0.717) is 12.1 Å². The highest BCUT2D eigenvalue weighted by Crippen LogP contribution is 2.30. The fourth-order valence-electron chi connectivity index (χ4n) is 3.77. The van der Waals surface area contributed by atoms with Crippen molar-refractivity contribution in [1.29, 1.82) is 0 Å². The zero-order chi connectivity index (χ0) is 15.5. The van der Waals surface area contributed by atoms with Crippen LogP contribution in [0.2, 0.25) is 0 Å². The second-order valence-corrected chi connectivity index (χ2v) is 6.18. The molecule has 0 amide bonds. The van der Waals surface area contributed by atoms with Crippen LogP contribution in [0.5, 0.6) is 0 Å². The van der Waals surface area contributed by atoms with Gasteiger partial charge in [-0.05, 0) is 0 Å². The summed E-state index contributed by atoms with van der Waals surface area (Å²) in [5.41, 5.74) is 3.50. The quantitative estimate of drug-likeness (QED) is 0.649. The monoisotopic (exact) mass is 295 g/mol. The highest BCUT2D eigenvalue weighted by atomic mass is 16.4. The third-order valence-electron chi connectivity index (χ3n) is 4.97. The lowest BCUT2D eigenvalue weighted by molar-refractivity contribution is -0.948. The van der Waals surface area contributed by atoms with E-state index >= 15 is 0 Å². The molecule has 3 heteroatoms. The Balaban J connectivity index is 2.01. The fraction of sp³-hybridized carbons (Fsp3) is 0.316. The van der Waals surface area contributed by atoms with Gasteiger partial charge >= 0.3 is 0 Å². The number of hydrogen-bond acceptors (Lipinski definition) is 2. The molecule has 0 spiro atoms. The summed E-state index contributed by atoms with van der Waals surface area (Å²) < 4.78 is 0. The molecule has 3 nitrogen and oxygen atoms in total. The summed E-state index contributed by atoms with van der Waals surface area (Å²) in [6.45, 7) is 2.16. The zero-order valence-corrected chi connectivity index (χ0v) is 13.1. The molecule has 1 aliphatic heterocycles. The number of nitrogens with zero attached hydrogens (tertiary/aromatic N) is 1. The maximum Gasteiger partial charge on any atom is 0.121 e. The van der Waals surface area contributed by atoms with Crippen molar-refractivity contribution in [3.8, 4) is 0 Å². The highest BCUT2D eigenvalue weighted by Gasteiger charge is 2.42. The van der Waals surface area contributed by atoms with Gasteiger partial charge in [-0.1, -0.05) is 72.7 Å². The SMILES string of the molecule is C[C@@H]1/C(=N\O)C[C@@H](c2ccccc2)[NH+](C)[C@H]1c1ccccc1. The maximum atomic E-state index is 9.46. The van der Waals surface area contributed by atoms with E-state index in [1.54, 1.807) is 0 Å². The van der Waals surface area contributed by atoms with Gasteiger partial charge in [-0.15, -0.1) is 0 Å². The van der Waals surface area contributed by atoms with E-state index in [9.17, 15) is 5.21 Å². The van der Waals surface area contributed by atoms with Crippen molar-refractivity contribution in [3.63, 3.8) is 0 Å². The number of nitrogens with one attached hydrogen (secondary N) is 1. The molecule has 2 N–H and O–H groups in total. The molecule has 1 fully saturated rings. The van der Waals surface area contributed by atoms with Crippen molar-refractivity contribution in [3.05, 3.63) is 71.8 Å². The molecule has 0 aromatic heterocycles. The van der Waals surface area contributed by atoms with E-state index in [2.05, 4.69) is 67.7 Å². The Labute approximate surface area is 131 Å². The molecular formula is C19H23N2O+. The summed E-state index contributed by atoms with van der Waals surface area (Å²) in [4.78, 5) is 1.46. The molecule has 0 aliphatic carbocycles. The number of benzene rings is 2. The number of hydrogen-bond donors (Lipinski definition) is 2. The average molecular weight is 295 g/mol. The molecule has 22 heavy (non-hydrogen) atoms. The Morgan fingerprint density at radius 3 is 2.05 bits per heavy atom. The Morgan fingerprint density at radius 2 is 1.50 bits per heavy atom. The Morgan fingerprint density at radius 1 is 0.955 bits per heavy atom. The lowest BCUT2D eigenvalue weighted by Crippen LogP contribution is -3.11. The van der Waals surface area contributed by atoms with Gasteiger partial charge < -0.3 is 10.1 Å². The molecule has 1 heterocycles. The number of oxime groups is 1. The first-order chi connectivity index (χ1) is 10.7. The topological polar surface area (TPSA) is 37.0 Å². The van der Waals surface area contributed by atoms with Crippen LogP contribution in [-0.4, -0.2) is 18.0 Å². The zero-order valence-electron chi connectivity index (χ0n) is 13.1. The normalized spacial score (nSPS) is 30.4. The van der Waals surface area contributed by atoms with E-state index in [1.165, 1.54) is 16.0 Å². The third-order valence-corrected chi connectivity index (χ3v) is 4.97. The predicted octanol–water partition coefficient (Wildman–Crippen LogP) is 2.85. The average Bonchev–Trinajstić information content (AvgIpc) is 2.57. The summed E-state index contributed by atoms with van der Waals surface area (Å²) in [5.74, 6) is 0.229. The maximum absolute atomic E-state index is 9.46. The Kier molecular flexibility index (Phi) is 4.25. The second-order valence-electron chi connectivity index (χ2n) is 6.18. The van der Waals surface area contributed by atoms with Crippen LogP contribution in [-0.2, 0) is 0 Å². The van der Waals surface area contributed by atoms with Gasteiger partial charge in [0.25, 0.3) is 0 Å². The summed E-state index contributed by atoms with van der Waals surface area (Å²) in [7, 11) is 2.25. The number of piperidine rings is 1. The van der Waals surface area contributed by atoms with Gasteiger partial charge in [0.05, 0.1) is 18.7 Å². The molecule has 0 radical (unpaired) electrons. The van der Waals surface area contributed by atoms with Gasteiger partial charge in [0, 0.05) is 17.5 Å². The molecule has 1 aliphatic rings. The van der Waals surface area contributed by atoms with Gasteiger partial charge in [-0.25, -0.2) is 0 Å². The van der Waals surface area contributed by atoms with Crippen molar-refractivity contribution in [2.45, 2.75) is 25.4 Å². The van der Waals surface area contributed by atoms with E-state index in [4.69, 9.17) is 0 Å². The smallest absolute Gasteiger partial charge is 0.121 e. The minimum absolute atomic E-state index is 0.229. The number of quaternary nitrogens is 1. The van der Waals surface area contributed by atoms with Crippen LogP contribution in [0.4, 0.5) is 0 Å². The molecule has 2 aromatic carbocycles. The molecule has 1 saturated heterocycles. The minimum atomic E-state index is 0.229. The number of rotatable bonds is 2. The molecule has 2 aromatic rings. The van der Waals surface area contributed by atoms with Crippen LogP contribution in [0.1, 0.15) is 36.6 Å². The molecule has 3 rings (SSSR count). The van der Waals surface area contributed by atoms with E-state index in [-0.39, 0.29) is 5.92 Å². The lowest BCUT2D eigenvalue weighted by atomic mass is 9.80. The van der Waals surface area contributed by atoms with Crippen LogP contribution in [0.15, 0.2) is 65.8 Å². The van der Waals surface area contributed by atoms with Crippen molar-refractivity contribution >= 4 is 5.71 Å². The molecular weight excluding hydrogens is 272 g/mol. The van der Waals surface area contributed by atoms with Gasteiger partial charge in [0.1, 0.15) is 12.1 Å². The summed E-state index contributed by atoms with van der Waals surface area (Å²) in [5, 5.41) is 13.1. The molecule has 4 atom stereocenters. The summed E-state index contributed by atoms with van der Waals surface area (Å²) in [6.07, 6.45) is 0.802. The van der Waals surface area contributed by atoms with Gasteiger partial charge in [-0.3, -0.25) is 0 Å². The fourth-order valence-corrected chi connectivity index (χ4v) is 3.77. The standard InChI is InChI=1S/C19H22N2O/c1-14-17(20-22)13-18(15-9-5-3-6-10-15)21(2)19(14)16-11-7-4-8-12-16/h3-12,14,18-19,22H,13H2,1-2H3/p+1/b20-17-/t14-,18+,19-/m1/s1. The van der Waals surface area contributed by atoms with Crippen molar-refractivity contribution in [1.82, 2.24) is 0 Å². The van der Waals surface area contributed by atoms with Crippen molar-refractivity contribution in [2.24, 2.45) is 11.1 Å². The molecule has 114 valence electrons. The second kappa shape index (κ2) is 6.32. The first-order valence-electron chi connectivity index (χ1n) is 7.86. The van der Waals surface area contributed by atoms with Crippen LogP contribution >= 0.6 is 0 Å². The third kappa shape index (κ3) is 2.64. The molecule has 0 bridgehead atoms. The first kappa shape index (κ1) is 14.8. The minimum Gasteiger partial charge on any atom is -0.411 e. The summed E-state index contributed by atoms with van der Waals surface area (Å²) >= 11 is 0.